The van der Waals surface area contributed by atoms with Crippen LogP contribution in [-0.2, 0) is 18.3 Å². The van der Waals surface area contributed by atoms with E-state index in [2.05, 4.69) is 30.7 Å². The maximum atomic E-state index is 11.9. The number of aromatic nitrogens is 3. The monoisotopic (exact) mass is 479 g/mol. The van der Waals surface area contributed by atoms with Gasteiger partial charge >= 0.3 is 6.09 Å². The fraction of sp³-hybridized carbons (Fsp3) is 0.750. The van der Waals surface area contributed by atoms with Crippen molar-refractivity contribution in [3.05, 3.63) is 12.2 Å². The zero-order chi connectivity index (χ0) is 18.4. The molecule has 1 saturated heterocycles. The average molecular weight is 479 g/mol. The molecule has 0 spiro atoms. The van der Waals surface area contributed by atoms with Crippen LogP contribution in [-0.4, -0.2) is 63.0 Å². The minimum absolute atomic E-state index is 0. The minimum atomic E-state index is -0.491. The van der Waals surface area contributed by atoms with Crippen LogP contribution in [0, 0.1) is 0 Å². The van der Waals surface area contributed by atoms with Crippen LogP contribution >= 0.6 is 24.0 Å². The third-order valence-corrected chi connectivity index (χ3v) is 3.72. The molecule has 0 saturated carbocycles. The van der Waals surface area contributed by atoms with E-state index in [0.717, 1.165) is 31.3 Å². The molecule has 10 heteroatoms. The first-order chi connectivity index (χ1) is 11.8. The van der Waals surface area contributed by atoms with Crippen molar-refractivity contribution in [3.8, 4) is 0 Å². The summed E-state index contributed by atoms with van der Waals surface area (Å²) in [6.45, 7) is 10.4. The van der Waals surface area contributed by atoms with E-state index in [1.807, 2.05) is 39.3 Å². The van der Waals surface area contributed by atoms with Crippen molar-refractivity contribution in [1.82, 2.24) is 30.3 Å². The van der Waals surface area contributed by atoms with Gasteiger partial charge in [-0.3, -0.25) is 0 Å². The Labute approximate surface area is 172 Å². The molecule has 1 unspecified atom stereocenters. The molecule has 2 N–H and O–H groups in total. The number of alkyl carbamates (subject to hydrolysis) is 1. The van der Waals surface area contributed by atoms with E-state index in [0.29, 0.717) is 13.1 Å². The molecule has 9 nitrogen and oxygen atoms in total. The number of halogens is 1. The number of carbonyl (C=O) groups excluding carboxylic acids is 1. The Morgan fingerprint density at radius 1 is 1.46 bits per heavy atom. The lowest BCUT2D eigenvalue weighted by Gasteiger charge is -2.23. The first-order valence-electron chi connectivity index (χ1n) is 8.64. The quantitative estimate of drug-likeness (QED) is 0.386. The highest BCUT2D eigenvalue weighted by atomic mass is 127. The summed E-state index contributed by atoms with van der Waals surface area (Å²) in [5, 5.41) is 14.1. The molecule has 1 amide bonds. The van der Waals surface area contributed by atoms with Gasteiger partial charge in [-0.2, -0.15) is 0 Å². The van der Waals surface area contributed by atoms with Crippen LogP contribution in [0.1, 0.15) is 39.9 Å². The third-order valence-electron chi connectivity index (χ3n) is 3.72. The Morgan fingerprint density at radius 3 is 2.77 bits per heavy atom. The van der Waals surface area contributed by atoms with Gasteiger partial charge in [-0.25, -0.2) is 9.79 Å². The molecule has 0 bridgehead atoms. The van der Waals surface area contributed by atoms with Gasteiger partial charge < -0.3 is 24.8 Å². The molecule has 0 radical (unpaired) electrons. The second-order valence-electron chi connectivity index (χ2n) is 7.11. The van der Waals surface area contributed by atoms with Crippen molar-refractivity contribution in [3.63, 3.8) is 0 Å². The van der Waals surface area contributed by atoms with Gasteiger partial charge in [0.15, 0.2) is 11.8 Å². The summed E-state index contributed by atoms with van der Waals surface area (Å²) in [6, 6.07) is 0.0496. The molecule has 1 fully saturated rings. The van der Waals surface area contributed by atoms with Gasteiger partial charge in [-0.15, -0.1) is 34.2 Å². The SMILES string of the molecule is CCNC(=NCc1nncn1C)N1CCC(NC(=O)OC(C)(C)C)C1.I. The highest BCUT2D eigenvalue weighted by Gasteiger charge is 2.27. The number of nitrogens with one attached hydrogen (secondary N) is 2. The normalized spacial score (nSPS) is 17.7. The van der Waals surface area contributed by atoms with Gasteiger partial charge in [0.25, 0.3) is 0 Å². The van der Waals surface area contributed by atoms with E-state index in [9.17, 15) is 4.79 Å². The van der Waals surface area contributed by atoms with Gasteiger partial charge in [0.1, 0.15) is 18.5 Å². The maximum Gasteiger partial charge on any atom is 0.407 e. The van der Waals surface area contributed by atoms with Crippen molar-refractivity contribution >= 4 is 36.0 Å². The maximum absolute atomic E-state index is 11.9. The molecule has 1 aromatic heterocycles. The number of guanidine groups is 1. The zero-order valence-electron chi connectivity index (χ0n) is 16.2. The Kier molecular flexibility index (Phi) is 8.57. The first kappa shape index (κ1) is 22.5. The number of ether oxygens (including phenoxy) is 1. The molecular formula is C16H30IN7O2. The number of hydrogen-bond acceptors (Lipinski definition) is 5. The summed E-state index contributed by atoms with van der Waals surface area (Å²) in [6.07, 6.45) is 2.14. The number of nitrogens with zero attached hydrogens (tertiary/aromatic N) is 5. The second kappa shape index (κ2) is 9.93. The summed E-state index contributed by atoms with van der Waals surface area (Å²) < 4.78 is 7.17. The Bertz CT molecular complexity index is 612. The Morgan fingerprint density at radius 2 is 2.19 bits per heavy atom. The summed E-state index contributed by atoms with van der Waals surface area (Å²) in [5.74, 6) is 1.62. The molecule has 0 aromatic carbocycles. The summed E-state index contributed by atoms with van der Waals surface area (Å²) >= 11 is 0. The fourth-order valence-electron chi connectivity index (χ4n) is 2.57. The third kappa shape index (κ3) is 6.96. The van der Waals surface area contributed by atoms with Crippen LogP contribution in [0.4, 0.5) is 4.79 Å². The van der Waals surface area contributed by atoms with Gasteiger partial charge in [0.2, 0.25) is 0 Å². The summed E-state index contributed by atoms with van der Waals surface area (Å²) in [7, 11) is 1.90. The number of carbonyl (C=O) groups is 1. The minimum Gasteiger partial charge on any atom is -0.444 e. The first-order valence-corrected chi connectivity index (χ1v) is 8.64. The number of hydrogen-bond donors (Lipinski definition) is 2. The number of aliphatic imine (C=N–C) groups is 1. The number of aryl methyl sites for hydroxylation is 1. The largest absolute Gasteiger partial charge is 0.444 e. The van der Waals surface area contributed by atoms with E-state index < -0.39 is 5.60 Å². The molecule has 148 valence electrons. The Balaban J connectivity index is 0.00000338. The second-order valence-corrected chi connectivity index (χ2v) is 7.11. The molecule has 1 aliphatic rings. The highest BCUT2D eigenvalue weighted by Crippen LogP contribution is 2.12. The van der Waals surface area contributed by atoms with E-state index in [-0.39, 0.29) is 36.1 Å². The smallest absolute Gasteiger partial charge is 0.407 e. The number of amides is 1. The molecule has 0 aliphatic carbocycles. The molecule has 26 heavy (non-hydrogen) atoms. The van der Waals surface area contributed by atoms with Crippen molar-refractivity contribution in [2.75, 3.05) is 19.6 Å². The van der Waals surface area contributed by atoms with E-state index in [4.69, 9.17) is 4.74 Å². The topological polar surface area (TPSA) is 96.7 Å². The van der Waals surface area contributed by atoms with Crippen LogP contribution in [0.2, 0.25) is 0 Å². The standard InChI is InChI=1S/C16H29N7O2.HI/c1-6-17-14(18-9-13-21-19-11-22(13)5)23-8-7-12(10-23)20-15(24)25-16(2,3)4;/h11-12H,6-10H2,1-5H3,(H,17,18)(H,20,24);1H. The lowest BCUT2D eigenvalue weighted by Crippen LogP contribution is -2.44. The molecule has 1 aliphatic heterocycles. The molecule has 2 rings (SSSR count). The Hall–Kier alpha value is -1.59. The molecule has 2 heterocycles. The average Bonchev–Trinajstić information content (AvgIpc) is 3.11. The molecular weight excluding hydrogens is 449 g/mol. The van der Waals surface area contributed by atoms with Crippen molar-refractivity contribution < 1.29 is 9.53 Å². The van der Waals surface area contributed by atoms with E-state index in [1.165, 1.54) is 0 Å². The van der Waals surface area contributed by atoms with Gasteiger partial charge in [0.05, 0.1) is 6.04 Å². The summed E-state index contributed by atoms with van der Waals surface area (Å²) in [5.41, 5.74) is -0.491. The van der Waals surface area contributed by atoms with Crippen LogP contribution in [0.3, 0.4) is 0 Å². The zero-order valence-corrected chi connectivity index (χ0v) is 18.5. The number of likely N-dealkylation sites (tertiary alicyclic amines) is 1. The van der Waals surface area contributed by atoms with Crippen LogP contribution in [0.5, 0.6) is 0 Å². The van der Waals surface area contributed by atoms with Crippen LogP contribution < -0.4 is 10.6 Å². The lowest BCUT2D eigenvalue weighted by atomic mass is 10.2. The van der Waals surface area contributed by atoms with Crippen LogP contribution in [0.15, 0.2) is 11.3 Å². The fourth-order valence-corrected chi connectivity index (χ4v) is 2.57. The predicted molar refractivity (Wildman–Crippen MR) is 111 cm³/mol. The highest BCUT2D eigenvalue weighted by molar-refractivity contribution is 14.0. The van der Waals surface area contributed by atoms with Gasteiger partial charge in [-0.1, -0.05) is 0 Å². The van der Waals surface area contributed by atoms with Crippen LogP contribution in [0.25, 0.3) is 0 Å². The lowest BCUT2D eigenvalue weighted by molar-refractivity contribution is 0.0507. The van der Waals surface area contributed by atoms with Crippen molar-refractivity contribution in [1.29, 1.82) is 0 Å². The van der Waals surface area contributed by atoms with Crippen molar-refractivity contribution in [2.24, 2.45) is 12.0 Å². The van der Waals surface area contributed by atoms with Gasteiger partial charge in [-0.05, 0) is 34.1 Å². The van der Waals surface area contributed by atoms with Gasteiger partial charge in [0, 0.05) is 26.7 Å². The predicted octanol–water partition coefficient (Wildman–Crippen LogP) is 1.50. The van der Waals surface area contributed by atoms with Crippen molar-refractivity contribution in [2.45, 2.75) is 52.3 Å². The van der Waals surface area contributed by atoms with E-state index in [1.54, 1.807) is 6.33 Å². The number of rotatable bonds is 4. The molecule has 1 aromatic rings. The summed E-state index contributed by atoms with van der Waals surface area (Å²) in [4.78, 5) is 18.7. The molecule has 1 atom stereocenters. The van der Waals surface area contributed by atoms with E-state index >= 15 is 0 Å².